The zero-order chi connectivity index (χ0) is 19.2. The average molecular weight is 369 g/mol. The van der Waals surface area contributed by atoms with E-state index in [-0.39, 0.29) is 19.1 Å². The third kappa shape index (κ3) is 5.00. The van der Waals surface area contributed by atoms with Crippen LogP contribution >= 0.6 is 0 Å². The molecule has 0 N–H and O–H groups in total. The molecule has 9 nitrogen and oxygen atoms in total. The molecule has 0 saturated carbocycles. The van der Waals surface area contributed by atoms with Gasteiger partial charge in [-0.3, -0.25) is 4.79 Å². The van der Waals surface area contributed by atoms with Crippen LogP contribution in [-0.2, 0) is 27.4 Å². The minimum Gasteiger partial charge on any atom is -0.467 e. The number of ether oxygens (including phenoxy) is 1. The van der Waals surface area contributed by atoms with Gasteiger partial charge in [-0.2, -0.15) is 4.80 Å². The molecule has 0 unspecified atom stereocenters. The summed E-state index contributed by atoms with van der Waals surface area (Å²) in [6.45, 7) is 1.69. The summed E-state index contributed by atoms with van der Waals surface area (Å²) >= 11 is 0. The molecule has 1 amide bonds. The van der Waals surface area contributed by atoms with Crippen molar-refractivity contribution in [1.29, 1.82) is 0 Å². The fourth-order valence-corrected chi connectivity index (χ4v) is 2.27. The number of benzene rings is 1. The standard InChI is InChI=1S/C18H19N5O4/c1-13-5-7-14(8-6-13)18-19-21-23(20-18)11-17(25)27-12-16(24)22(2)10-15-4-3-9-26-15/h3-9H,10-12H2,1-2H3. The molecule has 0 saturated heterocycles. The molecule has 3 aromatic rings. The number of carbonyl (C=O) groups is 2. The van der Waals surface area contributed by atoms with Crippen LogP contribution in [0.2, 0.25) is 0 Å². The molecule has 140 valence electrons. The Morgan fingerprint density at radius 1 is 1.22 bits per heavy atom. The highest BCUT2D eigenvalue weighted by molar-refractivity contribution is 5.80. The Hall–Kier alpha value is -3.49. The summed E-state index contributed by atoms with van der Waals surface area (Å²) in [6, 6.07) is 11.1. The van der Waals surface area contributed by atoms with E-state index in [9.17, 15) is 9.59 Å². The van der Waals surface area contributed by atoms with Crippen LogP contribution in [0.15, 0.2) is 47.1 Å². The molecule has 0 aliphatic heterocycles. The molecule has 1 aromatic carbocycles. The van der Waals surface area contributed by atoms with E-state index in [1.165, 1.54) is 11.2 Å². The van der Waals surface area contributed by atoms with Gasteiger partial charge in [-0.1, -0.05) is 29.8 Å². The van der Waals surface area contributed by atoms with Crippen LogP contribution in [0, 0.1) is 6.92 Å². The molecule has 0 bridgehead atoms. The highest BCUT2D eigenvalue weighted by atomic mass is 16.5. The number of amides is 1. The highest BCUT2D eigenvalue weighted by Gasteiger charge is 2.15. The van der Waals surface area contributed by atoms with Gasteiger partial charge < -0.3 is 14.1 Å². The first-order valence-corrected chi connectivity index (χ1v) is 8.28. The van der Waals surface area contributed by atoms with Gasteiger partial charge in [-0.25, -0.2) is 4.79 Å². The Bertz CT molecular complexity index is 902. The minimum absolute atomic E-state index is 0.228. The molecule has 2 aromatic heterocycles. The molecule has 3 rings (SSSR count). The van der Waals surface area contributed by atoms with Crippen molar-refractivity contribution in [3.05, 3.63) is 54.0 Å². The molecule has 2 heterocycles. The largest absolute Gasteiger partial charge is 0.467 e. The van der Waals surface area contributed by atoms with E-state index in [1.807, 2.05) is 31.2 Å². The summed E-state index contributed by atoms with van der Waals surface area (Å²) in [6.07, 6.45) is 1.53. The summed E-state index contributed by atoms with van der Waals surface area (Å²) in [4.78, 5) is 26.5. The maximum Gasteiger partial charge on any atom is 0.330 e. The summed E-state index contributed by atoms with van der Waals surface area (Å²) in [5.41, 5.74) is 1.92. The molecular weight excluding hydrogens is 350 g/mol. The molecule has 0 radical (unpaired) electrons. The van der Waals surface area contributed by atoms with Crippen molar-refractivity contribution in [2.24, 2.45) is 0 Å². The molecule has 0 fully saturated rings. The smallest absolute Gasteiger partial charge is 0.330 e. The van der Waals surface area contributed by atoms with Gasteiger partial charge in [0.25, 0.3) is 5.91 Å². The third-order valence-corrected chi connectivity index (χ3v) is 3.79. The fraction of sp³-hybridized carbons (Fsp3) is 0.278. The second-order valence-electron chi connectivity index (χ2n) is 6.00. The van der Waals surface area contributed by atoms with E-state index >= 15 is 0 Å². The van der Waals surface area contributed by atoms with Crippen molar-refractivity contribution in [1.82, 2.24) is 25.1 Å². The van der Waals surface area contributed by atoms with Gasteiger partial charge in [-0.05, 0) is 24.3 Å². The van der Waals surface area contributed by atoms with E-state index in [2.05, 4.69) is 15.4 Å². The number of furan rings is 1. The second-order valence-corrected chi connectivity index (χ2v) is 6.00. The van der Waals surface area contributed by atoms with Crippen LogP contribution in [0.4, 0.5) is 0 Å². The average Bonchev–Trinajstić information content (AvgIpc) is 3.32. The number of likely N-dealkylation sites (N-methyl/N-ethyl adjacent to an activating group) is 1. The zero-order valence-electron chi connectivity index (χ0n) is 15.0. The number of tetrazole rings is 1. The van der Waals surface area contributed by atoms with Gasteiger partial charge in [0.05, 0.1) is 12.8 Å². The maximum absolute atomic E-state index is 12.0. The quantitative estimate of drug-likeness (QED) is 0.581. The van der Waals surface area contributed by atoms with Gasteiger partial charge in [0.1, 0.15) is 5.76 Å². The normalized spacial score (nSPS) is 10.6. The molecular formula is C18H19N5O4. The van der Waals surface area contributed by atoms with Crippen LogP contribution in [-0.4, -0.2) is 50.6 Å². The van der Waals surface area contributed by atoms with Crippen molar-refractivity contribution in [2.45, 2.75) is 20.0 Å². The van der Waals surface area contributed by atoms with Crippen molar-refractivity contribution in [3.8, 4) is 11.4 Å². The summed E-state index contributed by atoms with van der Waals surface area (Å²) in [5.74, 6) is 0.0962. The molecule has 0 aliphatic rings. The lowest BCUT2D eigenvalue weighted by Crippen LogP contribution is -2.31. The van der Waals surface area contributed by atoms with Gasteiger partial charge in [0, 0.05) is 12.6 Å². The Kier molecular flexibility index (Phi) is 5.60. The lowest BCUT2D eigenvalue weighted by Gasteiger charge is -2.15. The minimum atomic E-state index is -0.623. The number of hydrogen-bond donors (Lipinski definition) is 0. The third-order valence-electron chi connectivity index (χ3n) is 3.79. The van der Waals surface area contributed by atoms with E-state index in [0.717, 1.165) is 15.9 Å². The van der Waals surface area contributed by atoms with E-state index in [1.54, 1.807) is 19.2 Å². The maximum atomic E-state index is 12.0. The van der Waals surface area contributed by atoms with Gasteiger partial charge in [0.15, 0.2) is 13.2 Å². The van der Waals surface area contributed by atoms with E-state index < -0.39 is 5.97 Å². The monoisotopic (exact) mass is 369 g/mol. The van der Waals surface area contributed by atoms with Gasteiger partial charge >= 0.3 is 5.97 Å². The Balaban J connectivity index is 1.48. The van der Waals surface area contributed by atoms with E-state index in [4.69, 9.17) is 9.15 Å². The summed E-state index contributed by atoms with van der Waals surface area (Å²) < 4.78 is 10.2. The van der Waals surface area contributed by atoms with Crippen molar-refractivity contribution >= 4 is 11.9 Å². The Morgan fingerprint density at radius 2 is 2.00 bits per heavy atom. The highest BCUT2D eigenvalue weighted by Crippen LogP contribution is 2.13. The van der Waals surface area contributed by atoms with Crippen molar-refractivity contribution in [2.75, 3.05) is 13.7 Å². The molecule has 0 aliphatic carbocycles. The fourth-order valence-electron chi connectivity index (χ4n) is 2.27. The lowest BCUT2D eigenvalue weighted by atomic mass is 10.1. The molecule has 0 spiro atoms. The number of hydrogen-bond acceptors (Lipinski definition) is 7. The number of rotatable bonds is 7. The molecule has 0 atom stereocenters. The Morgan fingerprint density at radius 3 is 2.70 bits per heavy atom. The number of carbonyl (C=O) groups excluding carboxylic acids is 2. The number of aryl methyl sites for hydroxylation is 1. The SMILES string of the molecule is Cc1ccc(-c2nnn(CC(=O)OCC(=O)N(C)Cc3ccco3)n2)cc1. The van der Waals surface area contributed by atoms with E-state index in [0.29, 0.717) is 18.1 Å². The second kappa shape index (κ2) is 8.26. The van der Waals surface area contributed by atoms with Crippen LogP contribution in [0.5, 0.6) is 0 Å². The topological polar surface area (TPSA) is 103 Å². The van der Waals surface area contributed by atoms with Gasteiger partial charge in [-0.15, -0.1) is 10.2 Å². The zero-order valence-corrected chi connectivity index (χ0v) is 15.0. The first-order valence-electron chi connectivity index (χ1n) is 8.28. The van der Waals surface area contributed by atoms with Crippen LogP contribution in [0.25, 0.3) is 11.4 Å². The Labute approximate surface area is 155 Å². The summed E-state index contributed by atoms with van der Waals surface area (Å²) in [5, 5.41) is 11.9. The first kappa shape index (κ1) is 18.3. The van der Waals surface area contributed by atoms with Crippen molar-refractivity contribution in [3.63, 3.8) is 0 Å². The number of aromatic nitrogens is 4. The van der Waals surface area contributed by atoms with Crippen molar-refractivity contribution < 1.29 is 18.7 Å². The lowest BCUT2D eigenvalue weighted by molar-refractivity contribution is -0.152. The molecule has 9 heteroatoms. The molecule has 27 heavy (non-hydrogen) atoms. The van der Waals surface area contributed by atoms with Crippen LogP contribution < -0.4 is 0 Å². The number of esters is 1. The predicted molar refractivity (Wildman–Crippen MR) is 94.1 cm³/mol. The number of nitrogens with zero attached hydrogens (tertiary/aromatic N) is 5. The van der Waals surface area contributed by atoms with Crippen LogP contribution in [0.3, 0.4) is 0 Å². The predicted octanol–water partition coefficient (Wildman–Crippen LogP) is 1.44. The summed E-state index contributed by atoms with van der Waals surface area (Å²) in [7, 11) is 1.60. The van der Waals surface area contributed by atoms with Gasteiger partial charge in [0.2, 0.25) is 5.82 Å². The van der Waals surface area contributed by atoms with Crippen LogP contribution in [0.1, 0.15) is 11.3 Å². The first-order chi connectivity index (χ1) is 13.0.